The first-order chi connectivity index (χ1) is 14.7. The van der Waals surface area contributed by atoms with Crippen molar-refractivity contribution in [2.75, 3.05) is 38.3 Å². The number of hydrogen-bond acceptors (Lipinski definition) is 5. The second-order valence-corrected chi connectivity index (χ2v) is 9.90. The molecule has 1 unspecified atom stereocenters. The van der Waals surface area contributed by atoms with E-state index in [0.29, 0.717) is 12.0 Å². The van der Waals surface area contributed by atoms with Gasteiger partial charge < -0.3 is 18.9 Å². The standard InChI is InChI=1S/C24H36INO4/c1-27-22-13-17-9-11-26-16-18(7-3-5-10-25)21(30-24-8-4-6-12-29-24)15-20(26)19(17)14-23(22)28-2/h13-14,18,20-21,24H,3-12,15-16H2,1-2H3/t18-,20-,21-,24?/m1/s1. The van der Waals surface area contributed by atoms with E-state index in [-0.39, 0.29) is 12.4 Å². The number of rotatable bonds is 8. The molecule has 0 amide bonds. The van der Waals surface area contributed by atoms with Gasteiger partial charge in [-0.2, -0.15) is 0 Å². The van der Waals surface area contributed by atoms with Gasteiger partial charge in [0.2, 0.25) is 0 Å². The van der Waals surface area contributed by atoms with E-state index in [4.69, 9.17) is 18.9 Å². The van der Waals surface area contributed by atoms with Crippen LogP contribution >= 0.6 is 22.6 Å². The summed E-state index contributed by atoms with van der Waals surface area (Å²) < 4.78 is 25.0. The molecule has 3 heterocycles. The zero-order valence-corrected chi connectivity index (χ0v) is 20.6. The molecule has 0 aromatic heterocycles. The molecule has 2 fully saturated rings. The summed E-state index contributed by atoms with van der Waals surface area (Å²) >= 11 is 2.49. The first-order valence-electron chi connectivity index (χ1n) is 11.5. The Morgan fingerprint density at radius 1 is 1.13 bits per heavy atom. The normalized spacial score (nSPS) is 29.2. The Balaban J connectivity index is 1.55. The number of alkyl halides is 1. The molecule has 4 rings (SSSR count). The number of nitrogens with zero attached hydrogens (tertiary/aromatic N) is 1. The Morgan fingerprint density at radius 3 is 2.70 bits per heavy atom. The lowest BCUT2D eigenvalue weighted by molar-refractivity contribution is -0.212. The number of hydrogen-bond donors (Lipinski definition) is 0. The molecule has 0 spiro atoms. The quantitative estimate of drug-likeness (QED) is 0.265. The molecule has 0 radical (unpaired) electrons. The number of piperidine rings is 1. The van der Waals surface area contributed by atoms with Gasteiger partial charge in [0.25, 0.3) is 0 Å². The molecule has 3 aliphatic rings. The van der Waals surface area contributed by atoms with Crippen molar-refractivity contribution in [3.8, 4) is 11.5 Å². The topological polar surface area (TPSA) is 40.2 Å². The highest BCUT2D eigenvalue weighted by Gasteiger charge is 2.40. The van der Waals surface area contributed by atoms with E-state index in [0.717, 1.165) is 56.9 Å². The number of halogens is 1. The molecule has 6 heteroatoms. The zero-order chi connectivity index (χ0) is 20.9. The van der Waals surface area contributed by atoms with Crippen LogP contribution in [0.5, 0.6) is 11.5 Å². The lowest BCUT2D eigenvalue weighted by Crippen LogP contribution is -2.49. The Bertz CT molecular complexity index is 694. The summed E-state index contributed by atoms with van der Waals surface area (Å²) in [6, 6.07) is 4.77. The maximum Gasteiger partial charge on any atom is 0.161 e. The minimum Gasteiger partial charge on any atom is -0.493 e. The van der Waals surface area contributed by atoms with Crippen LogP contribution in [-0.4, -0.2) is 55.6 Å². The Hall–Kier alpha value is -0.570. The lowest BCUT2D eigenvalue weighted by Gasteiger charge is -2.48. The number of benzene rings is 1. The lowest BCUT2D eigenvalue weighted by atomic mass is 9.80. The van der Waals surface area contributed by atoms with E-state index in [1.54, 1.807) is 14.2 Å². The molecular weight excluding hydrogens is 493 g/mol. The van der Waals surface area contributed by atoms with Crippen LogP contribution in [0.3, 0.4) is 0 Å². The molecular formula is C24H36INO4. The molecule has 0 bridgehead atoms. The summed E-state index contributed by atoms with van der Waals surface area (Å²) in [6.07, 6.45) is 9.61. The second kappa shape index (κ2) is 10.8. The van der Waals surface area contributed by atoms with Gasteiger partial charge in [0.15, 0.2) is 17.8 Å². The van der Waals surface area contributed by atoms with E-state index >= 15 is 0 Å². The zero-order valence-electron chi connectivity index (χ0n) is 18.4. The maximum absolute atomic E-state index is 6.63. The van der Waals surface area contributed by atoms with Crippen LogP contribution in [0.1, 0.15) is 62.1 Å². The molecule has 2 saturated heterocycles. The first-order valence-corrected chi connectivity index (χ1v) is 13.1. The Morgan fingerprint density at radius 2 is 1.97 bits per heavy atom. The summed E-state index contributed by atoms with van der Waals surface area (Å²) in [5.41, 5.74) is 2.78. The summed E-state index contributed by atoms with van der Waals surface area (Å²) in [6.45, 7) is 3.08. The van der Waals surface area contributed by atoms with Gasteiger partial charge in [0.1, 0.15) is 0 Å². The molecule has 0 saturated carbocycles. The number of fused-ring (bicyclic) bond motifs is 3. The fourth-order valence-electron chi connectivity index (χ4n) is 5.36. The third-order valence-electron chi connectivity index (χ3n) is 6.99. The highest BCUT2D eigenvalue weighted by atomic mass is 127. The van der Waals surface area contributed by atoms with Gasteiger partial charge >= 0.3 is 0 Å². The molecule has 0 N–H and O–H groups in total. The monoisotopic (exact) mass is 529 g/mol. The van der Waals surface area contributed by atoms with E-state index in [1.165, 1.54) is 41.2 Å². The van der Waals surface area contributed by atoms with Crippen LogP contribution in [0.15, 0.2) is 12.1 Å². The van der Waals surface area contributed by atoms with Gasteiger partial charge in [-0.3, -0.25) is 4.90 Å². The Labute approximate surface area is 194 Å². The van der Waals surface area contributed by atoms with Crippen molar-refractivity contribution in [3.05, 3.63) is 23.3 Å². The van der Waals surface area contributed by atoms with Crippen molar-refractivity contribution in [2.24, 2.45) is 5.92 Å². The minimum atomic E-state index is -0.0177. The van der Waals surface area contributed by atoms with Crippen LogP contribution in [0, 0.1) is 5.92 Å². The second-order valence-electron chi connectivity index (χ2n) is 8.82. The van der Waals surface area contributed by atoms with Crippen molar-refractivity contribution in [3.63, 3.8) is 0 Å². The summed E-state index contributed by atoms with van der Waals surface area (Å²) in [4.78, 5) is 2.69. The van der Waals surface area contributed by atoms with Gasteiger partial charge in [0, 0.05) is 25.7 Å². The van der Waals surface area contributed by atoms with Crippen LogP contribution in [0.4, 0.5) is 0 Å². The van der Waals surface area contributed by atoms with Crippen molar-refractivity contribution >= 4 is 22.6 Å². The van der Waals surface area contributed by atoms with Gasteiger partial charge in [-0.05, 0) is 78.6 Å². The van der Waals surface area contributed by atoms with Crippen molar-refractivity contribution in [1.82, 2.24) is 4.90 Å². The summed E-state index contributed by atoms with van der Waals surface area (Å²) in [7, 11) is 3.44. The molecule has 1 aromatic rings. The number of ether oxygens (including phenoxy) is 4. The SMILES string of the molecule is COc1cc2c(cc1OC)[C@H]1C[C@@H](OC3CCCCO3)[C@H](CCCCI)CN1CC2. The molecule has 0 aliphatic carbocycles. The van der Waals surface area contributed by atoms with E-state index in [2.05, 4.69) is 39.6 Å². The maximum atomic E-state index is 6.63. The number of methoxy groups -OCH3 is 2. The largest absolute Gasteiger partial charge is 0.493 e. The van der Waals surface area contributed by atoms with Gasteiger partial charge in [0.05, 0.1) is 20.3 Å². The van der Waals surface area contributed by atoms with E-state index < -0.39 is 0 Å². The molecule has 3 aliphatic heterocycles. The molecule has 4 atom stereocenters. The summed E-state index contributed by atoms with van der Waals surface area (Å²) in [5.74, 6) is 2.26. The van der Waals surface area contributed by atoms with E-state index in [9.17, 15) is 0 Å². The van der Waals surface area contributed by atoms with Crippen LogP contribution in [0.2, 0.25) is 0 Å². The van der Waals surface area contributed by atoms with E-state index in [1.807, 2.05) is 0 Å². The predicted molar refractivity (Wildman–Crippen MR) is 127 cm³/mol. The molecule has 5 nitrogen and oxygen atoms in total. The average Bonchev–Trinajstić information content (AvgIpc) is 2.79. The predicted octanol–water partition coefficient (Wildman–Crippen LogP) is 5.14. The fraction of sp³-hybridized carbons (Fsp3) is 0.750. The third kappa shape index (κ3) is 5.08. The van der Waals surface area contributed by atoms with Crippen molar-refractivity contribution in [2.45, 2.75) is 69.8 Å². The van der Waals surface area contributed by atoms with Gasteiger partial charge in [-0.25, -0.2) is 0 Å². The van der Waals surface area contributed by atoms with Crippen molar-refractivity contribution < 1.29 is 18.9 Å². The third-order valence-corrected chi connectivity index (χ3v) is 7.75. The fourth-order valence-corrected chi connectivity index (χ4v) is 5.90. The van der Waals surface area contributed by atoms with Gasteiger partial charge in [-0.1, -0.05) is 29.0 Å². The van der Waals surface area contributed by atoms with Crippen LogP contribution < -0.4 is 9.47 Å². The Kier molecular flexibility index (Phi) is 8.17. The van der Waals surface area contributed by atoms with Crippen LogP contribution in [-0.2, 0) is 15.9 Å². The number of unbranched alkanes of at least 4 members (excludes halogenated alkanes) is 1. The first kappa shape index (κ1) is 22.6. The molecule has 168 valence electrons. The summed E-state index contributed by atoms with van der Waals surface area (Å²) in [5, 5.41) is 0. The van der Waals surface area contributed by atoms with Crippen LogP contribution in [0.25, 0.3) is 0 Å². The smallest absolute Gasteiger partial charge is 0.161 e. The van der Waals surface area contributed by atoms with Gasteiger partial charge in [-0.15, -0.1) is 0 Å². The minimum absolute atomic E-state index is 0.0177. The molecule has 1 aromatic carbocycles. The van der Waals surface area contributed by atoms with Crippen molar-refractivity contribution in [1.29, 1.82) is 0 Å². The highest BCUT2D eigenvalue weighted by Crippen LogP contribution is 2.44. The highest BCUT2D eigenvalue weighted by molar-refractivity contribution is 14.1. The molecule has 30 heavy (non-hydrogen) atoms. The average molecular weight is 529 g/mol.